The monoisotopic (exact) mass is 159 g/mol. The molecule has 2 heteroatoms. The molecule has 1 N–H and O–H groups in total. The van der Waals surface area contributed by atoms with E-state index in [1.54, 1.807) is 0 Å². The second-order valence-corrected chi connectivity index (χ2v) is 3.49. The second kappa shape index (κ2) is 5.56. The highest BCUT2D eigenvalue weighted by atomic mass is 16.3. The Bertz CT molecular complexity index is 89.6. The highest BCUT2D eigenvalue weighted by molar-refractivity contribution is 4.63. The number of rotatable bonds is 5. The first-order valence-corrected chi connectivity index (χ1v) is 4.42. The minimum absolute atomic E-state index is 0.313. The molecular weight excluding hydrogens is 138 g/mol. The van der Waals surface area contributed by atoms with Gasteiger partial charge in [0.2, 0.25) is 0 Å². The van der Waals surface area contributed by atoms with Gasteiger partial charge in [0.1, 0.15) is 0 Å². The molecule has 0 aromatic carbocycles. The van der Waals surface area contributed by atoms with E-state index in [4.69, 9.17) is 5.11 Å². The molecule has 1 unspecified atom stereocenters. The number of hydrogen-bond acceptors (Lipinski definition) is 2. The summed E-state index contributed by atoms with van der Waals surface area (Å²) in [4.78, 5) is 2.27. The lowest BCUT2D eigenvalue weighted by Gasteiger charge is -2.25. The number of aliphatic hydroxyl groups excluding tert-OH is 1. The number of aliphatic hydroxyl groups is 1. The average Bonchev–Trinajstić information content (AvgIpc) is 1.99. The summed E-state index contributed by atoms with van der Waals surface area (Å²) in [6, 6.07) is 0.579. The number of hydrogen-bond donors (Lipinski definition) is 1. The van der Waals surface area contributed by atoms with Gasteiger partial charge in [-0.3, -0.25) is 0 Å². The van der Waals surface area contributed by atoms with Gasteiger partial charge in [-0.15, -0.1) is 0 Å². The van der Waals surface area contributed by atoms with E-state index in [0.29, 0.717) is 18.6 Å². The molecule has 2 nitrogen and oxygen atoms in total. The van der Waals surface area contributed by atoms with E-state index < -0.39 is 0 Å². The SMILES string of the molecule is CCC(CO)CN(C)C(C)C. The van der Waals surface area contributed by atoms with Crippen molar-refractivity contribution in [2.75, 3.05) is 20.2 Å². The Morgan fingerprint density at radius 2 is 1.91 bits per heavy atom. The molecule has 11 heavy (non-hydrogen) atoms. The Balaban J connectivity index is 3.62. The van der Waals surface area contributed by atoms with E-state index in [1.807, 2.05) is 0 Å². The highest BCUT2D eigenvalue weighted by Gasteiger charge is 2.09. The van der Waals surface area contributed by atoms with Crippen molar-refractivity contribution in [3.8, 4) is 0 Å². The fraction of sp³-hybridized carbons (Fsp3) is 1.00. The predicted octanol–water partition coefficient (Wildman–Crippen LogP) is 1.35. The quantitative estimate of drug-likeness (QED) is 0.654. The van der Waals surface area contributed by atoms with Crippen molar-refractivity contribution in [3.05, 3.63) is 0 Å². The zero-order chi connectivity index (χ0) is 8.85. The third-order valence-corrected chi connectivity index (χ3v) is 2.26. The summed E-state index contributed by atoms with van der Waals surface area (Å²) in [5.41, 5.74) is 0. The van der Waals surface area contributed by atoms with Crippen LogP contribution in [0.2, 0.25) is 0 Å². The van der Waals surface area contributed by atoms with E-state index in [1.165, 1.54) is 0 Å². The molecule has 68 valence electrons. The van der Waals surface area contributed by atoms with E-state index in [-0.39, 0.29) is 0 Å². The van der Waals surface area contributed by atoms with Crippen LogP contribution < -0.4 is 0 Å². The maximum absolute atomic E-state index is 8.93. The van der Waals surface area contributed by atoms with Crippen LogP contribution in [0.4, 0.5) is 0 Å². The van der Waals surface area contributed by atoms with Crippen molar-refractivity contribution in [1.82, 2.24) is 4.90 Å². The Morgan fingerprint density at radius 3 is 2.18 bits per heavy atom. The van der Waals surface area contributed by atoms with Gasteiger partial charge in [-0.2, -0.15) is 0 Å². The lowest BCUT2D eigenvalue weighted by molar-refractivity contribution is 0.159. The van der Waals surface area contributed by atoms with Gasteiger partial charge >= 0.3 is 0 Å². The molecule has 1 atom stereocenters. The molecule has 0 amide bonds. The van der Waals surface area contributed by atoms with Crippen molar-refractivity contribution < 1.29 is 5.11 Å². The summed E-state index contributed by atoms with van der Waals surface area (Å²) in [6.07, 6.45) is 1.06. The highest BCUT2D eigenvalue weighted by Crippen LogP contribution is 2.05. The van der Waals surface area contributed by atoms with Gasteiger partial charge in [0.25, 0.3) is 0 Å². The largest absolute Gasteiger partial charge is 0.396 e. The molecule has 0 heterocycles. The standard InChI is InChI=1S/C9H21NO/c1-5-9(7-11)6-10(4)8(2)3/h8-9,11H,5-7H2,1-4H3. The van der Waals surface area contributed by atoms with Gasteiger partial charge in [-0.25, -0.2) is 0 Å². The van der Waals surface area contributed by atoms with E-state index in [9.17, 15) is 0 Å². The van der Waals surface area contributed by atoms with Crippen LogP contribution >= 0.6 is 0 Å². The van der Waals surface area contributed by atoms with Crippen molar-refractivity contribution in [1.29, 1.82) is 0 Å². The van der Waals surface area contributed by atoms with Gasteiger partial charge < -0.3 is 10.0 Å². The third-order valence-electron chi connectivity index (χ3n) is 2.26. The van der Waals surface area contributed by atoms with Crippen LogP contribution in [-0.4, -0.2) is 36.2 Å². The average molecular weight is 159 g/mol. The van der Waals surface area contributed by atoms with Crippen molar-refractivity contribution in [2.45, 2.75) is 33.2 Å². The smallest absolute Gasteiger partial charge is 0.0471 e. The van der Waals surface area contributed by atoms with Crippen LogP contribution in [0.1, 0.15) is 27.2 Å². The van der Waals surface area contributed by atoms with Crippen molar-refractivity contribution in [3.63, 3.8) is 0 Å². The first-order chi connectivity index (χ1) is 5.11. The Morgan fingerprint density at radius 1 is 1.36 bits per heavy atom. The minimum Gasteiger partial charge on any atom is -0.396 e. The molecule has 0 aromatic heterocycles. The predicted molar refractivity (Wildman–Crippen MR) is 48.6 cm³/mol. The zero-order valence-corrected chi connectivity index (χ0v) is 8.17. The van der Waals surface area contributed by atoms with Crippen LogP contribution in [-0.2, 0) is 0 Å². The first kappa shape index (κ1) is 10.9. The fourth-order valence-electron chi connectivity index (χ4n) is 0.934. The van der Waals surface area contributed by atoms with Crippen molar-refractivity contribution >= 4 is 0 Å². The van der Waals surface area contributed by atoms with Crippen molar-refractivity contribution in [2.24, 2.45) is 5.92 Å². The molecule has 0 aromatic rings. The second-order valence-electron chi connectivity index (χ2n) is 3.49. The molecule has 0 fully saturated rings. The van der Waals surface area contributed by atoms with Gasteiger partial charge in [0.05, 0.1) is 0 Å². The maximum atomic E-state index is 8.93. The van der Waals surface area contributed by atoms with Gasteiger partial charge in [-0.1, -0.05) is 6.92 Å². The summed E-state index contributed by atoms with van der Waals surface area (Å²) >= 11 is 0. The maximum Gasteiger partial charge on any atom is 0.0471 e. The molecule has 0 rings (SSSR count). The Kier molecular flexibility index (Phi) is 5.51. The van der Waals surface area contributed by atoms with Crippen LogP contribution in [0.25, 0.3) is 0 Å². The fourth-order valence-corrected chi connectivity index (χ4v) is 0.934. The Hall–Kier alpha value is -0.0800. The molecule has 0 radical (unpaired) electrons. The number of nitrogens with zero attached hydrogens (tertiary/aromatic N) is 1. The summed E-state index contributed by atoms with van der Waals surface area (Å²) in [6.45, 7) is 7.78. The van der Waals surface area contributed by atoms with E-state index >= 15 is 0 Å². The molecular formula is C9H21NO. The zero-order valence-electron chi connectivity index (χ0n) is 8.17. The van der Waals surface area contributed by atoms with Gasteiger partial charge in [0, 0.05) is 19.2 Å². The molecule has 0 spiro atoms. The molecule has 0 saturated heterocycles. The van der Waals surface area contributed by atoms with Crippen LogP contribution in [0, 0.1) is 5.92 Å². The summed E-state index contributed by atoms with van der Waals surface area (Å²) in [5, 5.41) is 8.93. The minimum atomic E-state index is 0.313. The van der Waals surface area contributed by atoms with Crippen LogP contribution in [0.3, 0.4) is 0 Å². The Labute approximate surface area is 70.2 Å². The molecule has 0 aliphatic heterocycles. The molecule has 0 aliphatic rings. The summed E-state index contributed by atoms with van der Waals surface area (Å²) < 4.78 is 0. The van der Waals surface area contributed by atoms with E-state index in [0.717, 1.165) is 13.0 Å². The lowest BCUT2D eigenvalue weighted by Crippen LogP contribution is -2.32. The summed E-state index contributed by atoms with van der Waals surface area (Å²) in [5.74, 6) is 0.447. The molecule has 0 aliphatic carbocycles. The molecule has 0 saturated carbocycles. The van der Waals surface area contributed by atoms with Crippen LogP contribution in [0.5, 0.6) is 0 Å². The normalized spacial score (nSPS) is 14.5. The molecule has 0 bridgehead atoms. The van der Waals surface area contributed by atoms with Crippen LogP contribution in [0.15, 0.2) is 0 Å². The first-order valence-electron chi connectivity index (χ1n) is 4.42. The van der Waals surface area contributed by atoms with Gasteiger partial charge in [0.15, 0.2) is 0 Å². The topological polar surface area (TPSA) is 23.5 Å². The lowest BCUT2D eigenvalue weighted by atomic mass is 10.1. The van der Waals surface area contributed by atoms with E-state index in [2.05, 4.69) is 32.7 Å². The summed E-state index contributed by atoms with van der Waals surface area (Å²) in [7, 11) is 2.10. The van der Waals surface area contributed by atoms with Gasteiger partial charge in [-0.05, 0) is 33.2 Å². The third kappa shape index (κ3) is 4.38.